The molecule has 0 aliphatic carbocycles. The predicted octanol–water partition coefficient (Wildman–Crippen LogP) is 1.57. The molecule has 1 aromatic rings. The zero-order valence-corrected chi connectivity index (χ0v) is 12.1. The summed E-state index contributed by atoms with van der Waals surface area (Å²) in [4.78, 5) is 0.830. The highest BCUT2D eigenvalue weighted by molar-refractivity contribution is 8.01. The molecule has 0 radical (unpaired) electrons. The van der Waals surface area contributed by atoms with Crippen molar-refractivity contribution in [3.05, 3.63) is 30.3 Å². The van der Waals surface area contributed by atoms with Crippen molar-refractivity contribution in [1.29, 1.82) is 0 Å². The van der Waals surface area contributed by atoms with E-state index < -0.39 is 20.6 Å². The van der Waals surface area contributed by atoms with Crippen LogP contribution in [0.5, 0.6) is 0 Å². The number of rotatable bonds is 7. The molecule has 0 aliphatic rings. The number of benzene rings is 1. The molecule has 0 spiro atoms. The minimum atomic E-state index is -2.87. The molecule has 1 atom stereocenters. The second kappa shape index (κ2) is 7.18. The first kappa shape index (κ1) is 14.7. The predicted molar refractivity (Wildman–Crippen MR) is 74.8 cm³/mol. The van der Waals surface area contributed by atoms with Gasteiger partial charge in [0.15, 0.2) is 0 Å². The lowest BCUT2D eigenvalue weighted by molar-refractivity contribution is 0.603. The molecule has 6 heteroatoms. The normalized spacial score (nSPS) is 13.5. The van der Waals surface area contributed by atoms with Crippen LogP contribution < -0.4 is 0 Å². The van der Waals surface area contributed by atoms with Gasteiger partial charge in [-0.2, -0.15) is 11.8 Å². The third kappa shape index (κ3) is 6.85. The summed E-state index contributed by atoms with van der Waals surface area (Å²) in [5.74, 6) is 2.05. The summed E-state index contributed by atoms with van der Waals surface area (Å²) in [5.41, 5.74) is 0. The van der Waals surface area contributed by atoms with Crippen LogP contribution in [0.3, 0.4) is 0 Å². The number of thioether (sulfide) groups is 1. The minimum absolute atomic E-state index is 0.190. The molecule has 0 saturated heterocycles. The van der Waals surface area contributed by atoms with Crippen molar-refractivity contribution in [2.45, 2.75) is 4.90 Å². The van der Waals surface area contributed by atoms with Crippen molar-refractivity contribution < 1.29 is 12.6 Å². The van der Waals surface area contributed by atoms with Gasteiger partial charge in [0.05, 0.1) is 16.6 Å². The topological polar surface area (TPSA) is 51.2 Å². The molecule has 0 N–H and O–H groups in total. The number of hydrogen-bond donors (Lipinski definition) is 0. The fourth-order valence-corrected chi connectivity index (χ4v) is 4.80. The lowest BCUT2D eigenvalue weighted by Gasteiger charge is -2.02. The zero-order chi connectivity index (χ0) is 12.7. The fourth-order valence-electron chi connectivity index (χ4n) is 1.14. The van der Waals surface area contributed by atoms with Gasteiger partial charge in [-0.25, -0.2) is 8.42 Å². The van der Waals surface area contributed by atoms with Crippen LogP contribution in [0, 0.1) is 0 Å². The second-order valence-corrected chi connectivity index (χ2v) is 8.66. The summed E-state index contributed by atoms with van der Waals surface area (Å²) in [6, 6.07) is 9.31. The van der Waals surface area contributed by atoms with Gasteiger partial charge in [0.25, 0.3) is 0 Å². The fraction of sp³-hybridized carbons (Fsp3) is 0.455. The first-order chi connectivity index (χ1) is 7.99. The monoisotopic (exact) mass is 292 g/mol. The van der Waals surface area contributed by atoms with E-state index in [1.807, 2.05) is 30.3 Å². The van der Waals surface area contributed by atoms with Gasteiger partial charge in [0.1, 0.15) is 9.84 Å². The molecule has 0 amide bonds. The first-order valence-corrected chi connectivity index (χ1v) is 9.71. The smallest absolute Gasteiger partial charge is 0.148 e. The van der Waals surface area contributed by atoms with Crippen molar-refractivity contribution >= 4 is 32.4 Å². The van der Waals surface area contributed by atoms with Gasteiger partial charge in [-0.15, -0.1) is 0 Å². The van der Waals surface area contributed by atoms with Crippen molar-refractivity contribution in [3.63, 3.8) is 0 Å². The maximum absolute atomic E-state index is 11.8. The molecule has 0 bridgehead atoms. The van der Waals surface area contributed by atoms with E-state index in [9.17, 15) is 12.6 Å². The summed E-state index contributed by atoms with van der Waals surface area (Å²) >= 11 is 1.53. The van der Waals surface area contributed by atoms with Gasteiger partial charge >= 0.3 is 0 Å². The van der Waals surface area contributed by atoms with E-state index in [1.54, 1.807) is 0 Å². The quantitative estimate of drug-likeness (QED) is 0.716. The Labute approximate surface area is 109 Å². The Morgan fingerprint density at radius 3 is 2.41 bits per heavy atom. The molecule has 1 aromatic carbocycles. The highest BCUT2D eigenvalue weighted by Crippen LogP contribution is 2.08. The van der Waals surface area contributed by atoms with Crippen LogP contribution in [0.15, 0.2) is 35.2 Å². The average molecular weight is 292 g/mol. The van der Waals surface area contributed by atoms with E-state index in [2.05, 4.69) is 0 Å². The van der Waals surface area contributed by atoms with Crippen molar-refractivity contribution in [1.82, 2.24) is 0 Å². The Kier molecular flexibility index (Phi) is 6.22. The summed E-state index contributed by atoms with van der Waals surface area (Å²) in [6.07, 6.45) is 1.23. The Morgan fingerprint density at radius 2 is 1.82 bits per heavy atom. The van der Waals surface area contributed by atoms with Gasteiger partial charge in [-0.1, -0.05) is 18.2 Å². The Morgan fingerprint density at radius 1 is 1.18 bits per heavy atom. The summed E-state index contributed by atoms with van der Waals surface area (Å²) in [6.45, 7) is 0. The second-order valence-electron chi connectivity index (χ2n) is 3.60. The van der Waals surface area contributed by atoms with Crippen LogP contribution in [0.4, 0.5) is 0 Å². The number of hydrogen-bond acceptors (Lipinski definition) is 4. The Balaban J connectivity index is 2.22. The molecule has 3 nitrogen and oxygen atoms in total. The molecule has 17 heavy (non-hydrogen) atoms. The highest BCUT2D eigenvalue weighted by atomic mass is 32.2. The molecule has 1 rings (SSSR count). The molecule has 0 saturated carbocycles. The van der Waals surface area contributed by atoms with Crippen LogP contribution in [0.2, 0.25) is 0 Å². The maximum Gasteiger partial charge on any atom is 0.148 e. The van der Waals surface area contributed by atoms with Gasteiger partial charge in [-0.05, 0) is 12.1 Å². The lowest BCUT2D eigenvalue weighted by Crippen LogP contribution is -2.07. The first-order valence-electron chi connectivity index (χ1n) is 5.18. The third-order valence-electron chi connectivity index (χ3n) is 2.02. The molecular formula is C11H16O3S3. The summed E-state index contributed by atoms with van der Waals surface area (Å²) < 4.78 is 33.5. The summed E-state index contributed by atoms with van der Waals surface area (Å²) in [5, 5.41) is 0. The van der Waals surface area contributed by atoms with E-state index in [-0.39, 0.29) is 5.75 Å². The van der Waals surface area contributed by atoms with Crippen LogP contribution in [-0.2, 0) is 20.6 Å². The van der Waals surface area contributed by atoms with Crippen molar-refractivity contribution in [2.24, 2.45) is 0 Å². The van der Waals surface area contributed by atoms with E-state index in [1.165, 1.54) is 18.0 Å². The molecule has 96 valence electrons. The number of sulfone groups is 1. The average Bonchev–Trinajstić information content (AvgIpc) is 2.28. The molecule has 0 unspecified atom stereocenters. The summed E-state index contributed by atoms with van der Waals surface area (Å²) in [7, 11) is -3.85. The zero-order valence-electron chi connectivity index (χ0n) is 9.66. The van der Waals surface area contributed by atoms with E-state index in [0.29, 0.717) is 11.5 Å². The third-order valence-corrected chi connectivity index (χ3v) is 5.84. The van der Waals surface area contributed by atoms with Crippen LogP contribution in [-0.4, -0.2) is 41.9 Å². The van der Waals surface area contributed by atoms with Gasteiger partial charge in [-0.3, -0.25) is 4.21 Å². The van der Waals surface area contributed by atoms with Crippen LogP contribution in [0.1, 0.15) is 0 Å². The van der Waals surface area contributed by atoms with Gasteiger partial charge in [0, 0.05) is 28.4 Å². The van der Waals surface area contributed by atoms with E-state index in [0.717, 1.165) is 10.6 Å². The minimum Gasteiger partial charge on any atom is -0.254 e. The van der Waals surface area contributed by atoms with Crippen LogP contribution in [0.25, 0.3) is 0 Å². The van der Waals surface area contributed by atoms with E-state index >= 15 is 0 Å². The van der Waals surface area contributed by atoms with Crippen molar-refractivity contribution in [3.8, 4) is 0 Å². The molecule has 0 fully saturated rings. The van der Waals surface area contributed by atoms with Gasteiger partial charge < -0.3 is 0 Å². The molecule has 0 aliphatic heterocycles. The SMILES string of the molecule is CS(=O)(=O)CCSCC[S@@](=O)c1ccccc1. The van der Waals surface area contributed by atoms with Crippen LogP contribution >= 0.6 is 11.8 Å². The molecular weight excluding hydrogens is 276 g/mol. The molecule has 0 aromatic heterocycles. The van der Waals surface area contributed by atoms with Gasteiger partial charge in [0.2, 0.25) is 0 Å². The van der Waals surface area contributed by atoms with E-state index in [4.69, 9.17) is 0 Å². The molecule has 0 heterocycles. The standard InChI is InChI=1S/C11H16O3S3/c1-17(13,14)10-8-15-7-9-16(12)11-5-3-2-4-6-11/h2-6H,7-10H2,1H3/t16-/m1/s1. The highest BCUT2D eigenvalue weighted by Gasteiger charge is 2.04. The Bertz CT molecular complexity index is 454. The Hall–Kier alpha value is -0.330. The van der Waals surface area contributed by atoms with Crippen molar-refractivity contribution in [2.75, 3.05) is 29.3 Å². The lowest BCUT2D eigenvalue weighted by atomic mass is 10.4. The largest absolute Gasteiger partial charge is 0.254 e. The maximum atomic E-state index is 11.8.